The van der Waals surface area contributed by atoms with E-state index in [1.165, 1.54) is 18.5 Å². The lowest BCUT2D eigenvalue weighted by Gasteiger charge is -2.11. The molecule has 0 aromatic rings. The summed E-state index contributed by atoms with van der Waals surface area (Å²) in [6.45, 7) is 10.2. The van der Waals surface area contributed by atoms with Crippen molar-refractivity contribution >= 4 is 0 Å². The van der Waals surface area contributed by atoms with Gasteiger partial charge in [-0.1, -0.05) is 26.8 Å². The molecule has 0 spiro atoms. The van der Waals surface area contributed by atoms with Gasteiger partial charge in [-0.2, -0.15) is 0 Å². The van der Waals surface area contributed by atoms with Crippen LogP contribution in [0.4, 0.5) is 0 Å². The van der Waals surface area contributed by atoms with Gasteiger partial charge in [0.15, 0.2) is 0 Å². The van der Waals surface area contributed by atoms with E-state index in [-0.39, 0.29) is 0 Å². The highest BCUT2D eigenvalue weighted by molar-refractivity contribution is 4.90. The van der Waals surface area contributed by atoms with Crippen molar-refractivity contribution in [1.82, 2.24) is 5.32 Å². The van der Waals surface area contributed by atoms with Crippen LogP contribution in [0.25, 0.3) is 0 Å². The number of hydrogen-bond acceptors (Lipinski definition) is 2. The molecule has 0 radical (unpaired) electrons. The highest BCUT2D eigenvalue weighted by Gasteiger charge is 1.96. The minimum absolute atomic E-state index is 0.695. The van der Waals surface area contributed by atoms with Gasteiger partial charge in [0.1, 0.15) is 0 Å². The Kier molecular flexibility index (Phi) is 7.80. The third kappa shape index (κ3) is 9.41. The van der Waals surface area contributed by atoms with E-state index in [1.54, 1.807) is 0 Å². The minimum Gasteiger partial charge on any atom is -0.389 e. The molecule has 0 fully saturated rings. The van der Waals surface area contributed by atoms with E-state index in [1.807, 2.05) is 0 Å². The predicted molar refractivity (Wildman–Crippen MR) is 59.5 cm³/mol. The number of allylic oxidation sites excluding steroid dienone is 1. The van der Waals surface area contributed by atoms with Crippen LogP contribution < -0.4 is 11.1 Å². The molecule has 0 saturated heterocycles. The number of unbranched alkanes of at least 4 members (excludes halogenated alkanes) is 2. The Labute approximate surface area is 82.6 Å². The van der Waals surface area contributed by atoms with Crippen LogP contribution in [0.5, 0.6) is 0 Å². The molecule has 0 aromatic carbocycles. The number of rotatable bonds is 8. The minimum atomic E-state index is 0.695. The van der Waals surface area contributed by atoms with Gasteiger partial charge in [0.25, 0.3) is 0 Å². The Morgan fingerprint density at radius 1 is 1.31 bits per heavy atom. The maximum atomic E-state index is 5.41. The zero-order chi connectivity index (χ0) is 10.1. The molecule has 0 saturated carbocycles. The first-order valence-electron chi connectivity index (χ1n) is 5.28. The first-order valence-corrected chi connectivity index (χ1v) is 5.28. The quantitative estimate of drug-likeness (QED) is 0.568. The Morgan fingerprint density at radius 3 is 2.54 bits per heavy atom. The molecule has 13 heavy (non-hydrogen) atoms. The van der Waals surface area contributed by atoms with Gasteiger partial charge in [-0.15, -0.1) is 0 Å². The molecule has 78 valence electrons. The normalized spacial score (nSPS) is 10.5. The summed E-state index contributed by atoms with van der Waals surface area (Å²) in [4.78, 5) is 0. The van der Waals surface area contributed by atoms with Gasteiger partial charge in [-0.3, -0.25) is 0 Å². The summed E-state index contributed by atoms with van der Waals surface area (Å²) in [5, 5.41) is 3.33. The van der Waals surface area contributed by atoms with Crippen molar-refractivity contribution in [3.8, 4) is 0 Å². The summed E-state index contributed by atoms with van der Waals surface area (Å²) in [6, 6.07) is 0. The van der Waals surface area contributed by atoms with Crippen molar-refractivity contribution < 1.29 is 0 Å². The molecule has 0 aliphatic carbocycles. The van der Waals surface area contributed by atoms with Crippen LogP contribution in [-0.4, -0.2) is 13.1 Å². The molecule has 0 atom stereocenters. The second-order valence-electron chi connectivity index (χ2n) is 3.98. The average molecular weight is 184 g/mol. The van der Waals surface area contributed by atoms with Gasteiger partial charge in [0.2, 0.25) is 0 Å². The van der Waals surface area contributed by atoms with E-state index in [2.05, 4.69) is 25.7 Å². The molecule has 3 N–H and O–H groups in total. The first kappa shape index (κ1) is 12.5. The van der Waals surface area contributed by atoms with E-state index >= 15 is 0 Å². The van der Waals surface area contributed by atoms with Crippen LogP contribution in [0.1, 0.15) is 39.5 Å². The number of nitrogens with one attached hydrogen (secondary N) is 1. The topological polar surface area (TPSA) is 38.0 Å². The SMILES string of the molecule is C=C(CCCCCN)NCC(C)C. The maximum Gasteiger partial charge on any atom is 0.0166 e. The third-order valence-electron chi connectivity index (χ3n) is 1.94. The monoisotopic (exact) mass is 184 g/mol. The van der Waals surface area contributed by atoms with Crippen molar-refractivity contribution in [1.29, 1.82) is 0 Å². The average Bonchev–Trinajstić information content (AvgIpc) is 2.09. The van der Waals surface area contributed by atoms with Crippen LogP contribution in [0.2, 0.25) is 0 Å². The number of nitrogens with two attached hydrogens (primary N) is 1. The van der Waals surface area contributed by atoms with Crippen LogP contribution >= 0.6 is 0 Å². The Bertz CT molecular complexity index is 130. The molecular formula is C11H24N2. The Hall–Kier alpha value is -0.500. The molecular weight excluding hydrogens is 160 g/mol. The van der Waals surface area contributed by atoms with Crippen LogP contribution in [-0.2, 0) is 0 Å². The van der Waals surface area contributed by atoms with Gasteiger partial charge < -0.3 is 11.1 Å². The summed E-state index contributed by atoms with van der Waals surface area (Å²) in [5.41, 5.74) is 6.58. The summed E-state index contributed by atoms with van der Waals surface area (Å²) in [7, 11) is 0. The van der Waals surface area contributed by atoms with Crippen molar-refractivity contribution in [2.45, 2.75) is 39.5 Å². The van der Waals surface area contributed by atoms with E-state index in [0.29, 0.717) is 5.92 Å². The highest BCUT2D eigenvalue weighted by atomic mass is 14.9. The van der Waals surface area contributed by atoms with Crippen LogP contribution in [0.15, 0.2) is 12.3 Å². The molecule has 2 heteroatoms. The molecule has 0 rings (SSSR count). The molecule has 0 unspecified atom stereocenters. The zero-order valence-electron chi connectivity index (χ0n) is 9.10. The Balaban J connectivity index is 3.20. The lowest BCUT2D eigenvalue weighted by Crippen LogP contribution is -2.18. The molecule has 0 amide bonds. The van der Waals surface area contributed by atoms with Gasteiger partial charge in [0, 0.05) is 12.2 Å². The highest BCUT2D eigenvalue weighted by Crippen LogP contribution is 2.04. The smallest absolute Gasteiger partial charge is 0.0166 e. The van der Waals surface area contributed by atoms with Crippen molar-refractivity contribution in [2.24, 2.45) is 11.7 Å². The maximum absolute atomic E-state index is 5.41. The lowest BCUT2D eigenvalue weighted by atomic mass is 10.1. The van der Waals surface area contributed by atoms with Crippen LogP contribution in [0, 0.1) is 5.92 Å². The zero-order valence-corrected chi connectivity index (χ0v) is 9.10. The van der Waals surface area contributed by atoms with Gasteiger partial charge in [-0.05, 0) is 31.7 Å². The second kappa shape index (κ2) is 8.11. The predicted octanol–water partition coefficient (Wildman–Crippen LogP) is 2.26. The lowest BCUT2D eigenvalue weighted by molar-refractivity contribution is 0.574. The molecule has 0 aliphatic rings. The molecule has 0 aliphatic heterocycles. The fraction of sp³-hybridized carbons (Fsp3) is 0.818. The standard InChI is InChI=1S/C11H24N2/c1-10(2)9-13-11(3)7-5-4-6-8-12/h10,13H,3-9,12H2,1-2H3. The largest absolute Gasteiger partial charge is 0.389 e. The second-order valence-corrected chi connectivity index (χ2v) is 3.98. The first-order chi connectivity index (χ1) is 6.16. The van der Waals surface area contributed by atoms with Gasteiger partial charge >= 0.3 is 0 Å². The van der Waals surface area contributed by atoms with E-state index in [0.717, 1.165) is 25.9 Å². The molecule has 0 heterocycles. The molecule has 0 bridgehead atoms. The summed E-state index contributed by atoms with van der Waals surface area (Å²) >= 11 is 0. The fourth-order valence-corrected chi connectivity index (χ4v) is 1.10. The molecule has 2 nitrogen and oxygen atoms in total. The third-order valence-corrected chi connectivity index (χ3v) is 1.94. The summed E-state index contributed by atoms with van der Waals surface area (Å²) in [5.74, 6) is 0.695. The van der Waals surface area contributed by atoms with Gasteiger partial charge in [-0.25, -0.2) is 0 Å². The van der Waals surface area contributed by atoms with Crippen molar-refractivity contribution in [3.05, 3.63) is 12.3 Å². The Morgan fingerprint density at radius 2 is 2.00 bits per heavy atom. The van der Waals surface area contributed by atoms with Crippen LogP contribution in [0.3, 0.4) is 0 Å². The summed E-state index contributed by atoms with van der Waals surface area (Å²) < 4.78 is 0. The van der Waals surface area contributed by atoms with E-state index in [9.17, 15) is 0 Å². The molecule has 0 aromatic heterocycles. The van der Waals surface area contributed by atoms with E-state index < -0.39 is 0 Å². The van der Waals surface area contributed by atoms with E-state index in [4.69, 9.17) is 5.73 Å². The van der Waals surface area contributed by atoms with Crippen molar-refractivity contribution in [3.63, 3.8) is 0 Å². The van der Waals surface area contributed by atoms with Crippen molar-refractivity contribution in [2.75, 3.05) is 13.1 Å². The fourth-order valence-electron chi connectivity index (χ4n) is 1.10. The number of hydrogen-bond donors (Lipinski definition) is 2. The van der Waals surface area contributed by atoms with Gasteiger partial charge in [0.05, 0.1) is 0 Å². The summed E-state index contributed by atoms with van der Waals surface area (Å²) in [6.07, 6.45) is 4.66.